The van der Waals surface area contributed by atoms with E-state index in [4.69, 9.17) is 5.11 Å². The first kappa shape index (κ1) is 30.6. The van der Waals surface area contributed by atoms with E-state index in [2.05, 4.69) is 62.3 Å². The minimum atomic E-state index is -0.173. The van der Waals surface area contributed by atoms with Crippen molar-refractivity contribution < 1.29 is 14.7 Å². The van der Waals surface area contributed by atoms with Crippen molar-refractivity contribution in [2.24, 2.45) is 0 Å². The summed E-state index contributed by atoms with van der Waals surface area (Å²) in [6, 6.07) is 18.6. The minimum Gasteiger partial charge on any atom is -0.395 e. The van der Waals surface area contributed by atoms with Gasteiger partial charge in [0.2, 0.25) is 0 Å². The summed E-state index contributed by atoms with van der Waals surface area (Å²) in [6.45, 7) is 10.5. The van der Waals surface area contributed by atoms with Gasteiger partial charge in [-0.2, -0.15) is 0 Å². The summed E-state index contributed by atoms with van der Waals surface area (Å²) in [5.41, 5.74) is 5.04. The molecule has 0 bridgehead atoms. The number of nitrogens with one attached hydrogen (secondary N) is 1. The fourth-order valence-corrected chi connectivity index (χ4v) is 6.59. The van der Waals surface area contributed by atoms with Crippen LogP contribution in [0.15, 0.2) is 60.9 Å². The number of rotatable bonds is 9. The average molecular weight is 585 g/mol. The number of likely N-dealkylation sites (tertiary alicyclic amines) is 2. The molecule has 0 radical (unpaired) electrons. The van der Waals surface area contributed by atoms with Gasteiger partial charge in [0.25, 0.3) is 11.8 Å². The van der Waals surface area contributed by atoms with Crippen LogP contribution in [0.3, 0.4) is 0 Å². The largest absolute Gasteiger partial charge is 0.395 e. The Morgan fingerprint density at radius 1 is 0.977 bits per heavy atom. The zero-order valence-corrected chi connectivity index (χ0v) is 25.6. The first-order valence-corrected chi connectivity index (χ1v) is 15.4. The Bertz CT molecular complexity index is 1380. The second-order valence-electron chi connectivity index (χ2n) is 12.1. The third-order valence-corrected chi connectivity index (χ3v) is 9.27. The molecule has 2 aliphatic rings. The van der Waals surface area contributed by atoms with Crippen LogP contribution in [0.5, 0.6) is 0 Å². The lowest BCUT2D eigenvalue weighted by Crippen LogP contribution is -2.58. The van der Waals surface area contributed by atoms with Gasteiger partial charge in [0.05, 0.1) is 23.6 Å². The Morgan fingerprint density at radius 3 is 2.30 bits per heavy atom. The van der Waals surface area contributed by atoms with Crippen molar-refractivity contribution in [1.82, 2.24) is 25.1 Å². The predicted molar refractivity (Wildman–Crippen MR) is 168 cm³/mol. The molecule has 2 saturated heterocycles. The topological polar surface area (TPSA) is 102 Å². The number of aliphatic hydroxyl groups excluding tert-OH is 1. The number of hydrogen-bond acceptors (Lipinski definition) is 7. The van der Waals surface area contributed by atoms with Crippen LogP contribution < -0.4 is 10.2 Å². The summed E-state index contributed by atoms with van der Waals surface area (Å²) in [5.74, 6) is -0.131. The van der Waals surface area contributed by atoms with Gasteiger partial charge in [-0.25, -0.2) is 9.97 Å². The molecule has 1 aromatic heterocycles. The van der Waals surface area contributed by atoms with E-state index < -0.39 is 0 Å². The highest BCUT2D eigenvalue weighted by Crippen LogP contribution is 2.34. The van der Waals surface area contributed by atoms with E-state index in [9.17, 15) is 9.59 Å². The quantitative estimate of drug-likeness (QED) is 0.392. The maximum atomic E-state index is 13.3. The number of piperidine rings is 2. The van der Waals surface area contributed by atoms with Crippen LogP contribution in [0.4, 0.5) is 5.69 Å². The molecule has 0 atom stereocenters. The van der Waals surface area contributed by atoms with Gasteiger partial charge in [0.1, 0.15) is 6.33 Å². The van der Waals surface area contributed by atoms with E-state index in [0.717, 1.165) is 75.5 Å². The number of benzene rings is 2. The first-order valence-electron chi connectivity index (χ1n) is 15.4. The summed E-state index contributed by atoms with van der Waals surface area (Å²) < 4.78 is 0. The van der Waals surface area contributed by atoms with E-state index in [1.807, 2.05) is 43.0 Å². The van der Waals surface area contributed by atoms with Crippen molar-refractivity contribution in [1.29, 1.82) is 0 Å². The number of aryl methyl sites for hydroxylation is 2. The number of hydrogen-bond donors (Lipinski definition) is 2. The first-order chi connectivity index (χ1) is 20.8. The molecule has 2 amide bonds. The lowest BCUT2D eigenvalue weighted by atomic mass is 9.85. The number of aliphatic hydroxyl groups is 1. The SMILES string of the molecule is Cc1ncnc(C)c1C(=O)N1CCC(C)(N2CCC(N(Cc3ccccc3)c3cccc(C(=O)NCCO)c3)CC2)CC1. The van der Waals surface area contributed by atoms with Crippen LogP contribution in [-0.2, 0) is 6.54 Å². The molecule has 5 rings (SSSR count). The van der Waals surface area contributed by atoms with Gasteiger partial charge in [-0.05, 0) is 70.2 Å². The summed E-state index contributed by atoms with van der Waals surface area (Å²) in [4.78, 5) is 41.6. The Morgan fingerprint density at radius 2 is 1.65 bits per heavy atom. The van der Waals surface area contributed by atoms with Crippen LogP contribution >= 0.6 is 0 Å². The summed E-state index contributed by atoms with van der Waals surface area (Å²) in [6.07, 6.45) is 5.44. The number of aromatic nitrogens is 2. The highest BCUT2D eigenvalue weighted by atomic mass is 16.3. The lowest BCUT2D eigenvalue weighted by Gasteiger charge is -2.50. The fraction of sp³-hybridized carbons (Fsp3) is 0.471. The molecule has 0 unspecified atom stereocenters. The lowest BCUT2D eigenvalue weighted by molar-refractivity contribution is 0.0170. The molecule has 43 heavy (non-hydrogen) atoms. The third-order valence-electron chi connectivity index (χ3n) is 9.27. The zero-order valence-electron chi connectivity index (χ0n) is 25.6. The molecule has 3 heterocycles. The molecule has 0 spiro atoms. The molecular weight excluding hydrogens is 540 g/mol. The summed E-state index contributed by atoms with van der Waals surface area (Å²) in [7, 11) is 0. The van der Waals surface area contributed by atoms with Gasteiger partial charge in [0, 0.05) is 62.1 Å². The standard InChI is InChI=1S/C34H44N6O3/c1-25-31(26(2)37-24-36-25)33(43)38-19-14-34(3,15-20-38)39-17-12-29(13-18-39)40(23-27-8-5-4-6-9-27)30-11-7-10-28(22-30)32(42)35-16-21-41/h4-11,22,24,29,41H,12-21,23H2,1-3H3,(H,35,42). The van der Waals surface area contributed by atoms with Crippen LogP contribution in [-0.4, -0.2) is 87.6 Å². The monoisotopic (exact) mass is 584 g/mol. The second kappa shape index (κ2) is 13.7. The predicted octanol–water partition coefficient (Wildman–Crippen LogP) is 3.98. The maximum absolute atomic E-state index is 13.3. The molecule has 2 N–H and O–H groups in total. The van der Waals surface area contributed by atoms with Gasteiger partial charge >= 0.3 is 0 Å². The number of carbonyl (C=O) groups excluding carboxylic acids is 2. The van der Waals surface area contributed by atoms with E-state index in [0.29, 0.717) is 17.2 Å². The van der Waals surface area contributed by atoms with Crippen LogP contribution in [0.2, 0.25) is 0 Å². The Labute approximate surface area is 254 Å². The molecule has 9 nitrogen and oxygen atoms in total. The molecule has 0 aliphatic carbocycles. The van der Waals surface area contributed by atoms with Gasteiger partial charge < -0.3 is 20.2 Å². The van der Waals surface area contributed by atoms with Crippen LogP contribution in [0.25, 0.3) is 0 Å². The highest BCUT2D eigenvalue weighted by Gasteiger charge is 2.39. The molecule has 2 fully saturated rings. The van der Waals surface area contributed by atoms with Gasteiger partial charge in [-0.15, -0.1) is 0 Å². The Hall–Kier alpha value is -3.82. The van der Waals surface area contributed by atoms with Crippen LogP contribution in [0, 0.1) is 13.8 Å². The van der Waals surface area contributed by atoms with Crippen LogP contribution in [0.1, 0.15) is 70.3 Å². The second-order valence-corrected chi connectivity index (χ2v) is 12.1. The molecule has 3 aromatic rings. The van der Waals surface area contributed by atoms with E-state index >= 15 is 0 Å². The fourth-order valence-electron chi connectivity index (χ4n) is 6.59. The van der Waals surface area contributed by atoms with Gasteiger partial charge in [-0.1, -0.05) is 36.4 Å². The number of anilines is 1. The van der Waals surface area contributed by atoms with Crippen molar-refractivity contribution in [3.63, 3.8) is 0 Å². The van der Waals surface area contributed by atoms with Crippen molar-refractivity contribution in [3.8, 4) is 0 Å². The van der Waals surface area contributed by atoms with Gasteiger partial charge in [0.15, 0.2) is 0 Å². The smallest absolute Gasteiger partial charge is 0.257 e. The number of carbonyl (C=O) groups is 2. The Kier molecular flexibility index (Phi) is 9.72. The van der Waals surface area contributed by atoms with Gasteiger partial charge in [-0.3, -0.25) is 14.5 Å². The maximum Gasteiger partial charge on any atom is 0.257 e. The molecule has 9 heteroatoms. The highest BCUT2D eigenvalue weighted by molar-refractivity contribution is 5.96. The minimum absolute atomic E-state index is 0.0418. The van der Waals surface area contributed by atoms with Crippen molar-refractivity contribution in [2.45, 2.75) is 64.6 Å². The normalized spacial score (nSPS) is 17.4. The third kappa shape index (κ3) is 7.05. The Balaban J connectivity index is 1.25. The molecular formula is C34H44N6O3. The van der Waals surface area contributed by atoms with Crippen molar-refractivity contribution in [2.75, 3.05) is 44.2 Å². The number of amides is 2. The van der Waals surface area contributed by atoms with E-state index in [-0.39, 0.29) is 30.5 Å². The van der Waals surface area contributed by atoms with Crippen molar-refractivity contribution >= 4 is 17.5 Å². The zero-order chi connectivity index (χ0) is 30.4. The molecule has 228 valence electrons. The van der Waals surface area contributed by atoms with Crippen molar-refractivity contribution in [3.05, 3.63) is 89.0 Å². The average Bonchev–Trinajstić information content (AvgIpc) is 3.03. The van der Waals surface area contributed by atoms with E-state index in [1.165, 1.54) is 11.9 Å². The molecule has 0 saturated carbocycles. The van der Waals surface area contributed by atoms with E-state index in [1.54, 1.807) is 0 Å². The summed E-state index contributed by atoms with van der Waals surface area (Å²) in [5, 5.41) is 11.9. The summed E-state index contributed by atoms with van der Waals surface area (Å²) >= 11 is 0. The molecule has 2 aromatic carbocycles. The number of nitrogens with zero attached hydrogens (tertiary/aromatic N) is 5. The molecule has 2 aliphatic heterocycles.